The fourth-order valence-electron chi connectivity index (χ4n) is 1.72. The number of hydrogen-bond donors (Lipinski definition) is 3. The van der Waals surface area contributed by atoms with E-state index in [0.29, 0.717) is 16.3 Å². The van der Waals surface area contributed by atoms with E-state index in [0.717, 1.165) is 5.56 Å². The summed E-state index contributed by atoms with van der Waals surface area (Å²) in [6.07, 6.45) is 0. The standard InChI is InChI=1S/C15H13ClN2O2S/c1-9-3-2-4-10(7-9)14(20)18-15(21)17-12-8-11(16)5-6-13(12)19/h2-8,19H,1H3,(H2,17,18,20,21). The molecule has 2 aromatic carbocycles. The molecule has 0 aliphatic heterocycles. The highest BCUT2D eigenvalue weighted by Crippen LogP contribution is 2.26. The van der Waals surface area contributed by atoms with Crippen molar-refractivity contribution in [1.82, 2.24) is 5.32 Å². The summed E-state index contributed by atoms with van der Waals surface area (Å²) in [6, 6.07) is 11.7. The number of phenolic OH excluding ortho intramolecular Hbond substituents is 1. The molecule has 1 amide bonds. The van der Waals surface area contributed by atoms with Crippen LogP contribution in [0.15, 0.2) is 42.5 Å². The van der Waals surface area contributed by atoms with Crippen molar-refractivity contribution in [3.63, 3.8) is 0 Å². The average molecular weight is 321 g/mol. The molecule has 6 heteroatoms. The van der Waals surface area contributed by atoms with Crippen LogP contribution in [0.2, 0.25) is 5.02 Å². The van der Waals surface area contributed by atoms with Crippen molar-refractivity contribution in [3.8, 4) is 5.75 Å². The van der Waals surface area contributed by atoms with Gasteiger partial charge in [0.25, 0.3) is 5.91 Å². The van der Waals surface area contributed by atoms with Crippen molar-refractivity contribution in [2.24, 2.45) is 0 Å². The molecule has 4 nitrogen and oxygen atoms in total. The Balaban J connectivity index is 2.05. The molecule has 0 fully saturated rings. The zero-order chi connectivity index (χ0) is 15.4. The Morgan fingerprint density at radius 2 is 2.00 bits per heavy atom. The summed E-state index contributed by atoms with van der Waals surface area (Å²) in [5.74, 6) is -0.329. The SMILES string of the molecule is Cc1cccc(C(=O)NC(=S)Nc2cc(Cl)ccc2O)c1. The lowest BCUT2D eigenvalue weighted by Gasteiger charge is -2.11. The summed E-state index contributed by atoms with van der Waals surface area (Å²) in [5, 5.41) is 15.5. The fourth-order valence-corrected chi connectivity index (χ4v) is 2.10. The number of amides is 1. The molecule has 0 saturated carbocycles. The third kappa shape index (κ3) is 4.18. The molecular weight excluding hydrogens is 308 g/mol. The fraction of sp³-hybridized carbons (Fsp3) is 0.0667. The van der Waals surface area contributed by atoms with E-state index in [1.807, 2.05) is 13.0 Å². The van der Waals surface area contributed by atoms with E-state index in [-0.39, 0.29) is 16.8 Å². The Bertz CT molecular complexity index is 704. The average Bonchev–Trinajstić information content (AvgIpc) is 2.42. The molecule has 2 rings (SSSR count). The number of phenols is 1. The molecule has 3 N–H and O–H groups in total. The van der Waals surface area contributed by atoms with Gasteiger partial charge in [0.15, 0.2) is 5.11 Å². The van der Waals surface area contributed by atoms with Gasteiger partial charge >= 0.3 is 0 Å². The van der Waals surface area contributed by atoms with Gasteiger partial charge in [-0.1, -0.05) is 29.3 Å². The molecule has 108 valence electrons. The van der Waals surface area contributed by atoms with Gasteiger partial charge in [-0.3, -0.25) is 10.1 Å². The number of aryl methyl sites for hydroxylation is 1. The lowest BCUT2D eigenvalue weighted by atomic mass is 10.1. The van der Waals surface area contributed by atoms with E-state index in [4.69, 9.17) is 23.8 Å². The van der Waals surface area contributed by atoms with Crippen LogP contribution in [0, 0.1) is 6.92 Å². The van der Waals surface area contributed by atoms with Crippen LogP contribution in [0.25, 0.3) is 0 Å². The molecule has 0 unspecified atom stereocenters. The van der Waals surface area contributed by atoms with Crippen LogP contribution >= 0.6 is 23.8 Å². The molecule has 2 aromatic rings. The summed E-state index contributed by atoms with van der Waals surface area (Å²) >= 11 is 10.9. The number of halogens is 1. The highest BCUT2D eigenvalue weighted by atomic mass is 35.5. The number of aromatic hydroxyl groups is 1. The Labute approximate surface area is 132 Å². The second-order valence-corrected chi connectivity index (χ2v) is 5.28. The summed E-state index contributed by atoms with van der Waals surface area (Å²) < 4.78 is 0. The second kappa shape index (κ2) is 6.56. The Hall–Kier alpha value is -2.11. The van der Waals surface area contributed by atoms with E-state index in [1.165, 1.54) is 12.1 Å². The monoisotopic (exact) mass is 320 g/mol. The van der Waals surface area contributed by atoms with Crippen molar-refractivity contribution < 1.29 is 9.90 Å². The summed E-state index contributed by atoms with van der Waals surface area (Å²) in [7, 11) is 0. The number of anilines is 1. The van der Waals surface area contributed by atoms with Crippen molar-refractivity contribution >= 4 is 40.5 Å². The number of nitrogens with one attached hydrogen (secondary N) is 2. The number of carbonyl (C=O) groups is 1. The van der Waals surface area contributed by atoms with E-state index >= 15 is 0 Å². The zero-order valence-corrected chi connectivity index (χ0v) is 12.8. The van der Waals surface area contributed by atoms with E-state index in [9.17, 15) is 9.90 Å². The Morgan fingerprint density at radius 3 is 2.71 bits per heavy atom. The summed E-state index contributed by atoms with van der Waals surface area (Å²) in [5.41, 5.74) is 1.82. The highest BCUT2D eigenvalue weighted by Gasteiger charge is 2.09. The Kier molecular flexibility index (Phi) is 4.77. The maximum absolute atomic E-state index is 12.0. The van der Waals surface area contributed by atoms with Gasteiger partial charge in [0, 0.05) is 10.6 Å². The molecule has 21 heavy (non-hydrogen) atoms. The van der Waals surface area contributed by atoms with Gasteiger partial charge in [0.2, 0.25) is 0 Å². The van der Waals surface area contributed by atoms with Gasteiger partial charge in [0.1, 0.15) is 5.75 Å². The smallest absolute Gasteiger partial charge is 0.257 e. The molecule has 0 aliphatic rings. The third-order valence-electron chi connectivity index (χ3n) is 2.71. The minimum absolute atomic E-state index is 0.00782. The topological polar surface area (TPSA) is 61.4 Å². The predicted molar refractivity (Wildman–Crippen MR) is 88.0 cm³/mol. The first-order valence-corrected chi connectivity index (χ1v) is 6.92. The first kappa shape index (κ1) is 15.3. The zero-order valence-electron chi connectivity index (χ0n) is 11.2. The second-order valence-electron chi connectivity index (χ2n) is 4.44. The number of benzene rings is 2. The number of rotatable bonds is 2. The van der Waals surface area contributed by atoms with E-state index < -0.39 is 0 Å². The van der Waals surface area contributed by atoms with E-state index in [1.54, 1.807) is 24.3 Å². The Morgan fingerprint density at radius 1 is 1.24 bits per heavy atom. The summed E-state index contributed by atoms with van der Waals surface area (Å²) in [4.78, 5) is 12.0. The minimum atomic E-state index is -0.322. The molecule has 0 saturated heterocycles. The van der Waals surface area contributed by atoms with Crippen molar-refractivity contribution in [2.75, 3.05) is 5.32 Å². The molecule has 0 radical (unpaired) electrons. The normalized spacial score (nSPS) is 10.0. The molecule has 0 aliphatic carbocycles. The molecule has 0 aromatic heterocycles. The van der Waals surface area contributed by atoms with Crippen LogP contribution in [0.1, 0.15) is 15.9 Å². The van der Waals surface area contributed by atoms with Gasteiger partial charge in [-0.25, -0.2) is 0 Å². The van der Waals surface area contributed by atoms with Crippen LogP contribution in [-0.4, -0.2) is 16.1 Å². The minimum Gasteiger partial charge on any atom is -0.506 e. The maximum atomic E-state index is 12.0. The maximum Gasteiger partial charge on any atom is 0.257 e. The summed E-state index contributed by atoms with van der Waals surface area (Å²) in [6.45, 7) is 1.90. The lowest BCUT2D eigenvalue weighted by molar-refractivity contribution is 0.0977. The quantitative estimate of drug-likeness (QED) is 0.585. The van der Waals surface area contributed by atoms with Crippen LogP contribution < -0.4 is 10.6 Å². The van der Waals surface area contributed by atoms with Crippen LogP contribution in [0.5, 0.6) is 5.75 Å². The predicted octanol–water partition coefficient (Wildman–Crippen LogP) is 3.48. The first-order valence-electron chi connectivity index (χ1n) is 6.13. The van der Waals surface area contributed by atoms with Crippen molar-refractivity contribution in [3.05, 3.63) is 58.6 Å². The largest absolute Gasteiger partial charge is 0.506 e. The first-order chi connectivity index (χ1) is 9.95. The van der Waals surface area contributed by atoms with Gasteiger partial charge in [-0.05, 0) is 49.5 Å². The van der Waals surface area contributed by atoms with E-state index in [2.05, 4.69) is 10.6 Å². The number of hydrogen-bond acceptors (Lipinski definition) is 3. The van der Waals surface area contributed by atoms with Crippen LogP contribution in [-0.2, 0) is 0 Å². The van der Waals surface area contributed by atoms with Gasteiger partial charge in [-0.2, -0.15) is 0 Å². The molecule has 0 atom stereocenters. The molecule has 0 bridgehead atoms. The van der Waals surface area contributed by atoms with Crippen molar-refractivity contribution in [1.29, 1.82) is 0 Å². The lowest BCUT2D eigenvalue weighted by Crippen LogP contribution is -2.34. The molecule has 0 heterocycles. The van der Waals surface area contributed by atoms with Gasteiger partial charge in [0.05, 0.1) is 5.69 Å². The third-order valence-corrected chi connectivity index (χ3v) is 3.15. The molecular formula is C15H13ClN2O2S. The van der Waals surface area contributed by atoms with Crippen molar-refractivity contribution in [2.45, 2.75) is 6.92 Å². The van der Waals surface area contributed by atoms with Gasteiger partial charge < -0.3 is 10.4 Å². The van der Waals surface area contributed by atoms with Crippen LogP contribution in [0.3, 0.4) is 0 Å². The highest BCUT2D eigenvalue weighted by molar-refractivity contribution is 7.80. The van der Waals surface area contributed by atoms with Crippen LogP contribution in [0.4, 0.5) is 5.69 Å². The van der Waals surface area contributed by atoms with Gasteiger partial charge in [-0.15, -0.1) is 0 Å². The number of thiocarbonyl (C=S) groups is 1. The number of carbonyl (C=O) groups excluding carboxylic acids is 1. The molecule has 0 spiro atoms.